The first-order chi connectivity index (χ1) is 8.29. The number of amides is 1. The minimum Gasteiger partial charge on any atom is -0.387 e. The third-order valence-corrected chi connectivity index (χ3v) is 3.35. The molecule has 0 aromatic carbocycles. The molecule has 1 amide bonds. The third-order valence-electron chi connectivity index (χ3n) is 3.35. The van der Waals surface area contributed by atoms with E-state index in [-0.39, 0.29) is 17.5 Å². The van der Waals surface area contributed by atoms with Gasteiger partial charge in [-0.15, -0.1) is 0 Å². The van der Waals surface area contributed by atoms with E-state index in [0.717, 1.165) is 25.7 Å². The first kappa shape index (κ1) is 12.0. The molecule has 2 fully saturated rings. The predicted octanol–water partition coefficient (Wildman–Crippen LogP) is 1.59. The average Bonchev–Trinajstić information content (AvgIpc) is 3.15. The highest BCUT2D eigenvalue weighted by Gasteiger charge is 2.21. The van der Waals surface area contributed by atoms with Gasteiger partial charge in [0, 0.05) is 18.3 Å². The molecule has 0 aromatic rings. The maximum absolute atomic E-state index is 11.8. The lowest BCUT2D eigenvalue weighted by molar-refractivity contribution is -0.118. The fourth-order valence-corrected chi connectivity index (χ4v) is 2.11. The SMILES string of the molecule is N#C/C(=C/NC1CC1)C(=O)NC1CCCCC1. The summed E-state index contributed by atoms with van der Waals surface area (Å²) in [7, 11) is 0. The Labute approximate surface area is 102 Å². The summed E-state index contributed by atoms with van der Waals surface area (Å²) in [6.07, 6.45) is 9.54. The molecule has 0 aliphatic heterocycles. The molecule has 92 valence electrons. The second-order valence-corrected chi connectivity index (χ2v) is 4.92. The first-order valence-electron chi connectivity index (χ1n) is 6.47. The lowest BCUT2D eigenvalue weighted by Gasteiger charge is -2.22. The average molecular weight is 233 g/mol. The van der Waals surface area contributed by atoms with Crippen LogP contribution in [-0.2, 0) is 4.79 Å². The molecule has 0 unspecified atom stereocenters. The fourth-order valence-electron chi connectivity index (χ4n) is 2.11. The molecular weight excluding hydrogens is 214 g/mol. The van der Waals surface area contributed by atoms with Crippen molar-refractivity contribution < 1.29 is 4.79 Å². The van der Waals surface area contributed by atoms with Crippen LogP contribution in [0, 0.1) is 11.3 Å². The van der Waals surface area contributed by atoms with E-state index in [0.29, 0.717) is 6.04 Å². The maximum atomic E-state index is 11.8. The van der Waals surface area contributed by atoms with Gasteiger partial charge >= 0.3 is 0 Å². The summed E-state index contributed by atoms with van der Waals surface area (Å²) in [4.78, 5) is 11.8. The minimum absolute atomic E-state index is 0.197. The second kappa shape index (κ2) is 5.72. The van der Waals surface area contributed by atoms with Crippen LogP contribution >= 0.6 is 0 Å². The number of rotatable bonds is 4. The molecule has 0 heterocycles. The normalized spacial score (nSPS) is 21.7. The summed E-state index contributed by atoms with van der Waals surface area (Å²) in [5, 5.41) is 15.0. The zero-order valence-electron chi connectivity index (χ0n) is 10.0. The number of carbonyl (C=O) groups is 1. The predicted molar refractivity (Wildman–Crippen MR) is 64.9 cm³/mol. The molecule has 2 N–H and O–H groups in total. The fraction of sp³-hybridized carbons (Fsp3) is 0.692. The summed E-state index contributed by atoms with van der Waals surface area (Å²) >= 11 is 0. The summed E-state index contributed by atoms with van der Waals surface area (Å²) in [5.74, 6) is -0.229. The molecule has 2 rings (SSSR count). The zero-order valence-corrected chi connectivity index (χ0v) is 10.0. The van der Waals surface area contributed by atoms with E-state index >= 15 is 0 Å². The zero-order chi connectivity index (χ0) is 12.1. The van der Waals surface area contributed by atoms with Crippen molar-refractivity contribution in [3.8, 4) is 6.07 Å². The van der Waals surface area contributed by atoms with Crippen LogP contribution in [0.2, 0.25) is 0 Å². The van der Waals surface area contributed by atoms with Gasteiger partial charge in [-0.1, -0.05) is 19.3 Å². The monoisotopic (exact) mass is 233 g/mol. The van der Waals surface area contributed by atoms with Gasteiger partial charge in [0.15, 0.2) is 0 Å². The molecule has 2 aliphatic rings. The van der Waals surface area contributed by atoms with Gasteiger partial charge in [0.2, 0.25) is 0 Å². The van der Waals surface area contributed by atoms with Crippen LogP contribution in [-0.4, -0.2) is 18.0 Å². The van der Waals surface area contributed by atoms with E-state index in [9.17, 15) is 4.79 Å². The number of nitriles is 1. The Morgan fingerprint density at radius 1 is 1.12 bits per heavy atom. The van der Waals surface area contributed by atoms with Gasteiger partial charge in [-0.05, 0) is 25.7 Å². The molecule has 2 saturated carbocycles. The highest BCUT2D eigenvalue weighted by atomic mass is 16.1. The molecule has 17 heavy (non-hydrogen) atoms. The molecule has 0 aromatic heterocycles. The standard InChI is InChI=1S/C13H19N3O/c14-8-10(9-15-11-6-7-11)13(17)16-12-4-2-1-3-5-12/h9,11-12,15H,1-7H2,(H,16,17)/b10-9-. The lowest BCUT2D eigenvalue weighted by atomic mass is 9.95. The van der Waals surface area contributed by atoms with Crippen molar-refractivity contribution in [2.24, 2.45) is 0 Å². The second-order valence-electron chi connectivity index (χ2n) is 4.92. The molecule has 0 bridgehead atoms. The van der Waals surface area contributed by atoms with E-state index in [1.807, 2.05) is 6.07 Å². The minimum atomic E-state index is -0.229. The maximum Gasteiger partial charge on any atom is 0.263 e. The quantitative estimate of drug-likeness (QED) is 0.572. The van der Waals surface area contributed by atoms with Crippen LogP contribution in [0.25, 0.3) is 0 Å². The summed E-state index contributed by atoms with van der Waals surface area (Å²) in [6.45, 7) is 0. The molecule has 0 radical (unpaired) electrons. The van der Waals surface area contributed by atoms with E-state index < -0.39 is 0 Å². The van der Waals surface area contributed by atoms with Crippen molar-refractivity contribution in [1.29, 1.82) is 5.26 Å². The highest BCUT2D eigenvalue weighted by Crippen LogP contribution is 2.19. The van der Waals surface area contributed by atoms with Gasteiger partial charge < -0.3 is 10.6 Å². The van der Waals surface area contributed by atoms with E-state index in [4.69, 9.17) is 5.26 Å². The van der Waals surface area contributed by atoms with Gasteiger partial charge in [0.05, 0.1) is 0 Å². The number of hydrogen-bond acceptors (Lipinski definition) is 3. The molecule has 0 atom stereocenters. The molecule has 4 nitrogen and oxygen atoms in total. The van der Waals surface area contributed by atoms with Crippen molar-refractivity contribution in [2.75, 3.05) is 0 Å². The number of nitrogens with one attached hydrogen (secondary N) is 2. The smallest absolute Gasteiger partial charge is 0.263 e. The van der Waals surface area contributed by atoms with Crippen LogP contribution in [0.15, 0.2) is 11.8 Å². The topological polar surface area (TPSA) is 64.9 Å². The largest absolute Gasteiger partial charge is 0.387 e. The molecule has 0 spiro atoms. The summed E-state index contributed by atoms with van der Waals surface area (Å²) in [6, 6.07) is 2.69. The molecule has 0 saturated heterocycles. The molecule has 2 aliphatic carbocycles. The van der Waals surface area contributed by atoms with Crippen molar-refractivity contribution >= 4 is 5.91 Å². The van der Waals surface area contributed by atoms with Crippen LogP contribution in [0.4, 0.5) is 0 Å². The van der Waals surface area contributed by atoms with Gasteiger partial charge in [-0.2, -0.15) is 5.26 Å². The number of carbonyl (C=O) groups excluding carboxylic acids is 1. The molecule has 4 heteroatoms. The first-order valence-corrected chi connectivity index (χ1v) is 6.47. The lowest BCUT2D eigenvalue weighted by Crippen LogP contribution is -2.37. The van der Waals surface area contributed by atoms with Crippen molar-refractivity contribution in [3.05, 3.63) is 11.8 Å². The Balaban J connectivity index is 1.83. The van der Waals surface area contributed by atoms with Crippen molar-refractivity contribution in [2.45, 2.75) is 57.0 Å². The van der Waals surface area contributed by atoms with Gasteiger partial charge in [0.25, 0.3) is 5.91 Å². The highest BCUT2D eigenvalue weighted by molar-refractivity contribution is 5.97. The van der Waals surface area contributed by atoms with Gasteiger partial charge in [0.1, 0.15) is 11.6 Å². The van der Waals surface area contributed by atoms with Crippen LogP contribution in [0.5, 0.6) is 0 Å². The Morgan fingerprint density at radius 2 is 1.82 bits per heavy atom. The van der Waals surface area contributed by atoms with Crippen molar-refractivity contribution in [3.63, 3.8) is 0 Å². The van der Waals surface area contributed by atoms with Crippen molar-refractivity contribution in [1.82, 2.24) is 10.6 Å². The van der Waals surface area contributed by atoms with Gasteiger partial charge in [-0.25, -0.2) is 0 Å². The van der Waals surface area contributed by atoms with Crippen LogP contribution < -0.4 is 10.6 Å². The van der Waals surface area contributed by atoms with Crippen LogP contribution in [0.1, 0.15) is 44.9 Å². The Hall–Kier alpha value is -1.50. The number of hydrogen-bond donors (Lipinski definition) is 2. The molecular formula is C13H19N3O. The van der Waals surface area contributed by atoms with E-state index in [1.54, 1.807) is 6.20 Å². The van der Waals surface area contributed by atoms with E-state index in [2.05, 4.69) is 10.6 Å². The van der Waals surface area contributed by atoms with E-state index in [1.165, 1.54) is 19.3 Å². The summed E-state index contributed by atoms with van der Waals surface area (Å²) in [5.41, 5.74) is 0.197. The van der Waals surface area contributed by atoms with Gasteiger partial charge in [-0.3, -0.25) is 4.79 Å². The number of nitrogens with zero attached hydrogens (tertiary/aromatic N) is 1. The Morgan fingerprint density at radius 3 is 2.41 bits per heavy atom. The third kappa shape index (κ3) is 3.77. The Bertz CT molecular complexity index is 346. The summed E-state index contributed by atoms with van der Waals surface area (Å²) < 4.78 is 0. The van der Waals surface area contributed by atoms with Crippen LogP contribution in [0.3, 0.4) is 0 Å². The Kier molecular flexibility index (Phi) is 4.03.